The number of carbonyl (C=O) groups is 2. The van der Waals surface area contributed by atoms with Crippen molar-refractivity contribution in [3.8, 4) is 22.1 Å². The minimum atomic E-state index is -0.563. The highest BCUT2D eigenvalue weighted by Crippen LogP contribution is 2.39. The number of rotatable bonds is 7. The summed E-state index contributed by atoms with van der Waals surface area (Å²) in [6.07, 6.45) is 0.434. The zero-order valence-electron chi connectivity index (χ0n) is 17.6. The van der Waals surface area contributed by atoms with Crippen LogP contribution in [0.3, 0.4) is 0 Å². The number of ether oxygens (including phenoxy) is 3. The zero-order chi connectivity index (χ0) is 22.5. The van der Waals surface area contributed by atoms with Gasteiger partial charge in [0.1, 0.15) is 17.3 Å². The molecule has 1 amide bonds. The monoisotopic (exact) mass is 451 g/mol. The number of anilines is 1. The SMILES string of the molecule is COc1cccc(-c2nc(COC(=O)C3=NN(c4ccccc4)C(=O)CC3)cs2)c1OC. The molecular weight excluding hydrogens is 430 g/mol. The summed E-state index contributed by atoms with van der Waals surface area (Å²) in [4.78, 5) is 29.3. The van der Waals surface area contributed by atoms with Crippen molar-refractivity contribution in [2.24, 2.45) is 5.10 Å². The molecule has 0 bridgehead atoms. The molecule has 32 heavy (non-hydrogen) atoms. The zero-order valence-corrected chi connectivity index (χ0v) is 18.4. The molecular formula is C23H21N3O5S. The summed E-state index contributed by atoms with van der Waals surface area (Å²) < 4.78 is 16.2. The van der Waals surface area contributed by atoms with Crippen LogP contribution in [0, 0.1) is 0 Å². The molecule has 9 heteroatoms. The van der Waals surface area contributed by atoms with Crippen molar-refractivity contribution in [1.82, 2.24) is 4.98 Å². The number of para-hydroxylation sites is 2. The van der Waals surface area contributed by atoms with Gasteiger partial charge in [0.25, 0.3) is 0 Å². The molecule has 0 atom stereocenters. The van der Waals surface area contributed by atoms with Crippen molar-refractivity contribution < 1.29 is 23.8 Å². The van der Waals surface area contributed by atoms with E-state index in [1.165, 1.54) is 16.3 Å². The summed E-state index contributed by atoms with van der Waals surface area (Å²) >= 11 is 1.42. The van der Waals surface area contributed by atoms with Crippen LogP contribution in [0.2, 0.25) is 0 Å². The molecule has 0 saturated carbocycles. The molecule has 4 rings (SSSR count). The van der Waals surface area contributed by atoms with Gasteiger partial charge in [0.2, 0.25) is 5.91 Å². The Labute approximate surface area is 189 Å². The van der Waals surface area contributed by atoms with Crippen LogP contribution in [-0.4, -0.2) is 36.8 Å². The Bertz CT molecular complexity index is 1160. The predicted octanol–water partition coefficient (Wildman–Crippen LogP) is 4.05. The number of thiazole rings is 1. The van der Waals surface area contributed by atoms with Crippen LogP contribution in [0.5, 0.6) is 11.5 Å². The second-order valence-electron chi connectivity index (χ2n) is 6.85. The molecule has 3 aromatic rings. The van der Waals surface area contributed by atoms with E-state index >= 15 is 0 Å². The van der Waals surface area contributed by atoms with E-state index in [1.807, 2.05) is 41.8 Å². The van der Waals surface area contributed by atoms with Crippen molar-refractivity contribution in [1.29, 1.82) is 0 Å². The summed E-state index contributed by atoms with van der Waals surface area (Å²) in [5.74, 6) is 0.479. The summed E-state index contributed by atoms with van der Waals surface area (Å²) in [5.41, 5.74) is 2.22. The smallest absolute Gasteiger partial charge is 0.354 e. The van der Waals surface area contributed by atoms with Crippen molar-refractivity contribution in [3.05, 3.63) is 59.6 Å². The lowest BCUT2D eigenvalue weighted by molar-refractivity contribution is -0.137. The first-order chi connectivity index (χ1) is 15.6. The van der Waals surface area contributed by atoms with Crippen LogP contribution >= 0.6 is 11.3 Å². The van der Waals surface area contributed by atoms with E-state index in [0.717, 1.165) is 10.6 Å². The topological polar surface area (TPSA) is 90.3 Å². The van der Waals surface area contributed by atoms with Gasteiger partial charge in [0.05, 0.1) is 31.2 Å². The number of methoxy groups -OCH3 is 2. The Morgan fingerprint density at radius 3 is 2.62 bits per heavy atom. The van der Waals surface area contributed by atoms with Crippen molar-refractivity contribution in [3.63, 3.8) is 0 Å². The number of amides is 1. The number of hydrogen-bond donors (Lipinski definition) is 0. The van der Waals surface area contributed by atoms with E-state index < -0.39 is 5.97 Å². The van der Waals surface area contributed by atoms with Gasteiger partial charge in [0.15, 0.2) is 11.5 Å². The Kier molecular flexibility index (Phi) is 6.46. The van der Waals surface area contributed by atoms with Gasteiger partial charge in [-0.05, 0) is 24.3 Å². The van der Waals surface area contributed by atoms with E-state index in [-0.39, 0.29) is 31.1 Å². The Morgan fingerprint density at radius 1 is 1.06 bits per heavy atom. The van der Waals surface area contributed by atoms with Crippen LogP contribution in [0.15, 0.2) is 59.0 Å². The molecule has 164 valence electrons. The van der Waals surface area contributed by atoms with E-state index in [2.05, 4.69) is 10.1 Å². The van der Waals surface area contributed by atoms with Crippen LogP contribution in [0.1, 0.15) is 18.5 Å². The third-order valence-electron chi connectivity index (χ3n) is 4.81. The molecule has 0 fully saturated rings. The first-order valence-electron chi connectivity index (χ1n) is 9.89. The first kappa shape index (κ1) is 21.5. The second-order valence-corrected chi connectivity index (χ2v) is 7.71. The Hall–Kier alpha value is -3.72. The number of hydrogen-bond acceptors (Lipinski definition) is 8. The molecule has 1 aliphatic heterocycles. The van der Waals surface area contributed by atoms with Crippen LogP contribution in [0.4, 0.5) is 5.69 Å². The summed E-state index contributed by atoms with van der Waals surface area (Å²) in [7, 11) is 3.15. The van der Waals surface area contributed by atoms with E-state index in [9.17, 15) is 9.59 Å². The third-order valence-corrected chi connectivity index (χ3v) is 5.73. The average molecular weight is 452 g/mol. The lowest BCUT2D eigenvalue weighted by atomic mass is 10.1. The fourth-order valence-corrected chi connectivity index (χ4v) is 4.07. The lowest BCUT2D eigenvalue weighted by Crippen LogP contribution is -2.34. The molecule has 2 heterocycles. The second kappa shape index (κ2) is 9.61. The van der Waals surface area contributed by atoms with Crippen molar-refractivity contribution in [2.45, 2.75) is 19.4 Å². The van der Waals surface area contributed by atoms with Crippen LogP contribution < -0.4 is 14.5 Å². The molecule has 1 aliphatic rings. The first-order valence-corrected chi connectivity index (χ1v) is 10.8. The largest absolute Gasteiger partial charge is 0.493 e. The molecule has 1 aromatic heterocycles. The number of esters is 1. The quantitative estimate of drug-likeness (QED) is 0.504. The lowest BCUT2D eigenvalue weighted by Gasteiger charge is -2.22. The summed E-state index contributed by atoms with van der Waals surface area (Å²) in [6, 6.07) is 14.6. The highest BCUT2D eigenvalue weighted by atomic mass is 32.1. The third kappa shape index (κ3) is 4.47. The van der Waals surface area contributed by atoms with Gasteiger partial charge in [-0.1, -0.05) is 24.3 Å². The molecule has 0 aliphatic carbocycles. The van der Waals surface area contributed by atoms with Crippen LogP contribution in [0.25, 0.3) is 10.6 Å². The fourth-order valence-electron chi connectivity index (χ4n) is 3.25. The number of nitrogens with zero attached hydrogens (tertiary/aromatic N) is 3. The van der Waals surface area contributed by atoms with Crippen molar-refractivity contribution in [2.75, 3.05) is 19.2 Å². The van der Waals surface area contributed by atoms with Crippen LogP contribution in [-0.2, 0) is 20.9 Å². The van der Waals surface area contributed by atoms with Gasteiger partial charge >= 0.3 is 5.97 Å². The Balaban J connectivity index is 1.45. The average Bonchev–Trinajstić information content (AvgIpc) is 3.31. The minimum absolute atomic E-state index is 0.0000787. The summed E-state index contributed by atoms with van der Waals surface area (Å²) in [6.45, 7) is -0.0000787. The highest BCUT2D eigenvalue weighted by molar-refractivity contribution is 7.13. The predicted molar refractivity (Wildman–Crippen MR) is 121 cm³/mol. The number of carbonyl (C=O) groups excluding carboxylic acids is 2. The number of aromatic nitrogens is 1. The maximum absolute atomic E-state index is 12.6. The Morgan fingerprint density at radius 2 is 1.88 bits per heavy atom. The maximum Gasteiger partial charge on any atom is 0.354 e. The highest BCUT2D eigenvalue weighted by Gasteiger charge is 2.26. The van der Waals surface area contributed by atoms with E-state index in [4.69, 9.17) is 14.2 Å². The van der Waals surface area contributed by atoms with Gasteiger partial charge in [0, 0.05) is 18.2 Å². The van der Waals surface area contributed by atoms with Gasteiger partial charge in [-0.15, -0.1) is 11.3 Å². The normalized spacial score (nSPS) is 13.5. The molecule has 2 aromatic carbocycles. The van der Waals surface area contributed by atoms with Gasteiger partial charge in [-0.25, -0.2) is 14.8 Å². The number of benzene rings is 2. The molecule has 0 radical (unpaired) electrons. The van der Waals surface area contributed by atoms with Gasteiger partial charge < -0.3 is 14.2 Å². The standard InChI is InChI=1S/C23H21N3O5S/c1-29-19-10-6-9-17(21(19)30-2)22-24-15(14-32-22)13-31-23(28)18-11-12-20(27)26(25-18)16-7-4-3-5-8-16/h3-10,14H,11-13H2,1-2H3. The molecule has 8 nitrogen and oxygen atoms in total. The fraction of sp³-hybridized carbons (Fsp3) is 0.217. The minimum Gasteiger partial charge on any atom is -0.493 e. The van der Waals surface area contributed by atoms with Gasteiger partial charge in [-0.2, -0.15) is 5.10 Å². The number of hydrazone groups is 1. The molecule has 0 spiro atoms. The van der Waals surface area contributed by atoms with Gasteiger partial charge in [-0.3, -0.25) is 4.79 Å². The van der Waals surface area contributed by atoms with E-state index in [1.54, 1.807) is 26.4 Å². The molecule has 0 saturated heterocycles. The maximum atomic E-state index is 12.6. The molecule has 0 N–H and O–H groups in total. The summed E-state index contributed by atoms with van der Waals surface area (Å²) in [5, 5.41) is 8.01. The van der Waals surface area contributed by atoms with E-state index in [0.29, 0.717) is 22.9 Å². The van der Waals surface area contributed by atoms with Crippen molar-refractivity contribution >= 4 is 34.6 Å². The molecule has 0 unspecified atom stereocenters.